The molecule has 3 rings (SSSR count). The zero-order valence-electron chi connectivity index (χ0n) is 14.0. The van der Waals surface area contributed by atoms with Crippen LogP contribution in [0.15, 0.2) is 30.5 Å². The lowest BCUT2D eigenvalue weighted by atomic mass is 10.1. The van der Waals surface area contributed by atoms with Crippen molar-refractivity contribution >= 4 is 11.6 Å². The van der Waals surface area contributed by atoms with Crippen molar-refractivity contribution in [2.75, 3.05) is 43.1 Å². The van der Waals surface area contributed by atoms with E-state index in [1.807, 2.05) is 15.9 Å². The molecule has 2 aromatic rings. The Labute approximate surface area is 148 Å². The van der Waals surface area contributed by atoms with Gasteiger partial charge in [-0.1, -0.05) is 0 Å². The summed E-state index contributed by atoms with van der Waals surface area (Å²) in [6.45, 7) is 2.25. The number of aromatic nitrogens is 2. The van der Waals surface area contributed by atoms with Gasteiger partial charge >= 0.3 is 6.18 Å². The molecule has 0 radical (unpaired) electrons. The van der Waals surface area contributed by atoms with Crippen LogP contribution in [-0.4, -0.2) is 43.3 Å². The van der Waals surface area contributed by atoms with Crippen LogP contribution in [0.4, 0.5) is 24.8 Å². The molecule has 0 amide bonds. The fraction of sp³-hybridized carbons (Fsp3) is 0.353. The van der Waals surface area contributed by atoms with Crippen molar-refractivity contribution in [2.45, 2.75) is 6.18 Å². The number of anilines is 2. The van der Waals surface area contributed by atoms with Gasteiger partial charge in [-0.05, 0) is 18.2 Å². The lowest BCUT2D eigenvalue weighted by molar-refractivity contribution is -0.137. The summed E-state index contributed by atoms with van der Waals surface area (Å²) < 4.78 is 43.6. The second kappa shape index (κ2) is 7.07. The van der Waals surface area contributed by atoms with Gasteiger partial charge in [-0.25, -0.2) is 4.98 Å². The molecule has 9 heteroatoms. The van der Waals surface area contributed by atoms with E-state index in [0.717, 1.165) is 12.1 Å². The molecule has 1 fully saturated rings. The first-order valence-corrected chi connectivity index (χ1v) is 7.90. The van der Waals surface area contributed by atoms with Crippen LogP contribution in [0, 0.1) is 11.3 Å². The maximum absolute atomic E-state index is 12.8. The molecule has 1 aromatic carbocycles. The summed E-state index contributed by atoms with van der Waals surface area (Å²) in [6.07, 6.45) is -2.86. The van der Waals surface area contributed by atoms with Gasteiger partial charge in [0.2, 0.25) is 11.8 Å². The van der Waals surface area contributed by atoms with Gasteiger partial charge in [0.1, 0.15) is 6.07 Å². The zero-order valence-corrected chi connectivity index (χ0v) is 14.0. The minimum absolute atomic E-state index is 0.0194. The monoisotopic (exact) mass is 363 g/mol. The smallest absolute Gasteiger partial charge is 0.416 e. The van der Waals surface area contributed by atoms with Gasteiger partial charge in [0.15, 0.2) is 0 Å². The van der Waals surface area contributed by atoms with Crippen LogP contribution in [-0.2, 0) is 6.18 Å². The number of rotatable bonds is 3. The maximum Gasteiger partial charge on any atom is 0.416 e. The lowest BCUT2D eigenvalue weighted by Gasteiger charge is -2.36. The van der Waals surface area contributed by atoms with Crippen molar-refractivity contribution in [3.63, 3.8) is 0 Å². The minimum Gasteiger partial charge on any atom is -0.481 e. The van der Waals surface area contributed by atoms with Crippen LogP contribution < -0.4 is 14.5 Å². The first kappa shape index (κ1) is 17.8. The summed E-state index contributed by atoms with van der Waals surface area (Å²) in [5, 5.41) is 9.24. The third-order valence-electron chi connectivity index (χ3n) is 4.17. The van der Waals surface area contributed by atoms with Gasteiger partial charge in [-0.3, -0.25) is 0 Å². The first-order valence-electron chi connectivity index (χ1n) is 7.90. The standard InChI is InChI=1S/C17H16F3N5O/c1-26-15-4-5-22-16(23-15)25-8-6-24(7-9-25)14-3-2-13(17(18,19)20)10-12(14)11-21/h2-5,10H,6-9H2,1H3. The van der Waals surface area contributed by atoms with E-state index in [-0.39, 0.29) is 5.56 Å². The molecule has 6 nitrogen and oxygen atoms in total. The van der Waals surface area contributed by atoms with Gasteiger partial charge in [-0.15, -0.1) is 0 Å². The van der Waals surface area contributed by atoms with Crippen molar-refractivity contribution in [1.82, 2.24) is 9.97 Å². The molecule has 1 saturated heterocycles. The van der Waals surface area contributed by atoms with E-state index in [4.69, 9.17) is 4.74 Å². The third-order valence-corrected chi connectivity index (χ3v) is 4.17. The number of hydrogen-bond donors (Lipinski definition) is 0. The van der Waals surface area contributed by atoms with Crippen molar-refractivity contribution in [3.05, 3.63) is 41.6 Å². The van der Waals surface area contributed by atoms with Crippen LogP contribution in [0.5, 0.6) is 5.88 Å². The van der Waals surface area contributed by atoms with Crippen LogP contribution >= 0.6 is 0 Å². The fourth-order valence-corrected chi connectivity index (χ4v) is 2.82. The summed E-state index contributed by atoms with van der Waals surface area (Å²) in [7, 11) is 1.53. The zero-order chi connectivity index (χ0) is 18.7. The highest BCUT2D eigenvalue weighted by molar-refractivity contribution is 5.61. The van der Waals surface area contributed by atoms with E-state index in [9.17, 15) is 18.4 Å². The molecule has 26 heavy (non-hydrogen) atoms. The van der Waals surface area contributed by atoms with E-state index >= 15 is 0 Å². The number of alkyl halides is 3. The van der Waals surface area contributed by atoms with Crippen molar-refractivity contribution < 1.29 is 17.9 Å². The Bertz CT molecular complexity index is 826. The minimum atomic E-state index is -4.47. The van der Waals surface area contributed by atoms with Crippen molar-refractivity contribution in [1.29, 1.82) is 5.26 Å². The molecule has 0 atom stereocenters. The van der Waals surface area contributed by atoms with Crippen LogP contribution in [0.2, 0.25) is 0 Å². The number of piperazine rings is 1. The second-order valence-electron chi connectivity index (χ2n) is 5.71. The van der Waals surface area contributed by atoms with Gasteiger partial charge in [-0.2, -0.15) is 23.4 Å². The Morgan fingerprint density at radius 2 is 1.81 bits per heavy atom. The molecular formula is C17H16F3N5O. The van der Waals surface area contributed by atoms with E-state index in [1.165, 1.54) is 13.2 Å². The summed E-state index contributed by atoms with van der Waals surface area (Å²) in [5.74, 6) is 1.00. The topological polar surface area (TPSA) is 65.3 Å². The Hall–Kier alpha value is -3.02. The maximum atomic E-state index is 12.8. The third kappa shape index (κ3) is 3.64. The number of nitrogens with zero attached hydrogens (tertiary/aromatic N) is 5. The highest BCUT2D eigenvalue weighted by Gasteiger charge is 2.32. The predicted octanol–water partition coefficient (Wildman–Crippen LogP) is 2.70. The number of ether oxygens (including phenoxy) is 1. The highest BCUT2D eigenvalue weighted by atomic mass is 19.4. The molecule has 0 bridgehead atoms. The Balaban J connectivity index is 1.75. The second-order valence-corrected chi connectivity index (χ2v) is 5.71. The molecule has 136 valence electrons. The molecule has 0 aliphatic carbocycles. The predicted molar refractivity (Wildman–Crippen MR) is 89.2 cm³/mol. The average molecular weight is 363 g/mol. The van der Waals surface area contributed by atoms with E-state index < -0.39 is 11.7 Å². The van der Waals surface area contributed by atoms with Gasteiger partial charge in [0, 0.05) is 38.4 Å². The molecule has 1 aliphatic heterocycles. The van der Waals surface area contributed by atoms with Crippen LogP contribution in [0.3, 0.4) is 0 Å². The number of halogens is 3. The Morgan fingerprint density at radius 1 is 1.12 bits per heavy atom. The fourth-order valence-electron chi connectivity index (χ4n) is 2.82. The van der Waals surface area contributed by atoms with Crippen molar-refractivity contribution in [2.24, 2.45) is 0 Å². The summed E-state index contributed by atoms with van der Waals surface area (Å²) >= 11 is 0. The molecule has 0 spiro atoms. The highest BCUT2D eigenvalue weighted by Crippen LogP contribution is 2.33. The molecule has 1 aromatic heterocycles. The summed E-state index contributed by atoms with van der Waals surface area (Å²) in [5.41, 5.74) is -0.293. The summed E-state index contributed by atoms with van der Waals surface area (Å²) in [6, 6.07) is 6.78. The molecule has 0 saturated carbocycles. The van der Waals surface area contributed by atoms with Gasteiger partial charge in [0.25, 0.3) is 0 Å². The van der Waals surface area contributed by atoms with Crippen LogP contribution in [0.25, 0.3) is 0 Å². The Morgan fingerprint density at radius 3 is 2.42 bits per heavy atom. The number of methoxy groups -OCH3 is 1. The molecule has 2 heterocycles. The largest absolute Gasteiger partial charge is 0.481 e. The van der Waals surface area contributed by atoms with E-state index in [2.05, 4.69) is 9.97 Å². The lowest BCUT2D eigenvalue weighted by Crippen LogP contribution is -2.47. The van der Waals surface area contributed by atoms with Crippen molar-refractivity contribution in [3.8, 4) is 11.9 Å². The average Bonchev–Trinajstić information content (AvgIpc) is 2.67. The van der Waals surface area contributed by atoms with E-state index in [1.54, 1.807) is 12.3 Å². The first-order chi connectivity index (χ1) is 12.4. The summed E-state index contributed by atoms with van der Waals surface area (Å²) in [4.78, 5) is 12.4. The quantitative estimate of drug-likeness (QED) is 0.835. The number of hydrogen-bond acceptors (Lipinski definition) is 6. The van der Waals surface area contributed by atoms with E-state index in [0.29, 0.717) is 43.7 Å². The number of benzene rings is 1. The van der Waals surface area contributed by atoms with Gasteiger partial charge < -0.3 is 14.5 Å². The molecule has 0 unspecified atom stereocenters. The molecular weight excluding hydrogens is 347 g/mol. The van der Waals surface area contributed by atoms with Gasteiger partial charge in [0.05, 0.1) is 23.9 Å². The normalized spacial score (nSPS) is 14.9. The molecule has 0 N–H and O–H groups in total. The SMILES string of the molecule is COc1ccnc(N2CCN(c3ccc(C(F)(F)F)cc3C#N)CC2)n1. The van der Waals surface area contributed by atoms with Crippen LogP contribution in [0.1, 0.15) is 11.1 Å². The molecule has 1 aliphatic rings. The Kier molecular flexibility index (Phi) is 4.84. The number of nitriles is 1.